The third-order valence-corrected chi connectivity index (χ3v) is 4.44. The molecule has 4 rings (SSSR count). The van der Waals surface area contributed by atoms with Crippen molar-refractivity contribution < 1.29 is 4.74 Å². The minimum Gasteiger partial charge on any atom is -0.495 e. The number of nitrogens with zero attached hydrogens (tertiary/aromatic N) is 4. The van der Waals surface area contributed by atoms with Crippen molar-refractivity contribution in [2.24, 2.45) is 0 Å². The number of nitrogens with one attached hydrogen (secondary N) is 1. The number of hydrogen-bond acceptors (Lipinski definition) is 5. The average molecular weight is 380 g/mol. The van der Waals surface area contributed by atoms with Crippen molar-refractivity contribution in [2.45, 2.75) is 13.8 Å². The molecule has 4 aromatic rings. The number of rotatable bonds is 4. The van der Waals surface area contributed by atoms with Gasteiger partial charge in [-0.1, -0.05) is 35.4 Å². The molecule has 0 bridgehead atoms. The van der Waals surface area contributed by atoms with Crippen molar-refractivity contribution in [1.29, 1.82) is 0 Å². The zero-order chi connectivity index (χ0) is 19.0. The van der Waals surface area contributed by atoms with Crippen LogP contribution in [0.25, 0.3) is 17.2 Å². The summed E-state index contributed by atoms with van der Waals surface area (Å²) >= 11 is 6.23. The van der Waals surface area contributed by atoms with E-state index < -0.39 is 0 Å². The maximum Gasteiger partial charge on any atom is 0.254 e. The van der Waals surface area contributed by atoms with Crippen LogP contribution in [0.5, 0.6) is 5.75 Å². The van der Waals surface area contributed by atoms with Gasteiger partial charge < -0.3 is 10.1 Å². The van der Waals surface area contributed by atoms with Gasteiger partial charge in [0.05, 0.1) is 12.1 Å². The van der Waals surface area contributed by atoms with E-state index in [0.717, 1.165) is 28.3 Å². The molecule has 0 aliphatic rings. The normalized spacial score (nSPS) is 11.0. The lowest BCUT2D eigenvalue weighted by Gasteiger charge is -2.10. The summed E-state index contributed by atoms with van der Waals surface area (Å²) in [4.78, 5) is 9.08. The van der Waals surface area contributed by atoms with Gasteiger partial charge >= 0.3 is 0 Å². The van der Waals surface area contributed by atoms with E-state index in [-0.39, 0.29) is 0 Å². The second-order valence-electron chi connectivity index (χ2n) is 6.27. The van der Waals surface area contributed by atoms with Crippen LogP contribution in [0.1, 0.15) is 11.3 Å². The molecule has 0 aliphatic carbocycles. The van der Waals surface area contributed by atoms with Crippen LogP contribution in [-0.4, -0.2) is 26.7 Å². The average Bonchev–Trinajstić information content (AvgIpc) is 3.06. The molecule has 2 aromatic heterocycles. The summed E-state index contributed by atoms with van der Waals surface area (Å²) in [5.74, 6) is 2.55. The van der Waals surface area contributed by atoms with Gasteiger partial charge in [0, 0.05) is 23.0 Å². The topological polar surface area (TPSA) is 64.3 Å². The summed E-state index contributed by atoms with van der Waals surface area (Å²) in [5, 5.41) is 8.51. The van der Waals surface area contributed by atoms with E-state index in [2.05, 4.69) is 26.4 Å². The molecule has 0 amide bonds. The first-order valence-corrected chi connectivity index (χ1v) is 8.83. The lowest BCUT2D eigenvalue weighted by Crippen LogP contribution is -2.02. The molecule has 7 heteroatoms. The van der Waals surface area contributed by atoms with E-state index in [9.17, 15) is 0 Å². The highest BCUT2D eigenvalue weighted by Gasteiger charge is 2.12. The van der Waals surface area contributed by atoms with Crippen molar-refractivity contribution in [1.82, 2.24) is 19.6 Å². The molecular formula is C20H18ClN5O. The summed E-state index contributed by atoms with van der Waals surface area (Å²) in [5.41, 5.74) is 3.77. The van der Waals surface area contributed by atoms with Gasteiger partial charge in [0.1, 0.15) is 11.6 Å². The van der Waals surface area contributed by atoms with Crippen LogP contribution in [0.4, 0.5) is 11.5 Å². The van der Waals surface area contributed by atoms with Crippen molar-refractivity contribution in [3.63, 3.8) is 0 Å². The Hall–Kier alpha value is -3.12. The molecule has 6 nitrogen and oxygen atoms in total. The van der Waals surface area contributed by atoms with Crippen LogP contribution in [0.3, 0.4) is 0 Å². The molecule has 0 atom stereocenters. The first kappa shape index (κ1) is 17.3. The first-order valence-electron chi connectivity index (χ1n) is 8.45. The summed E-state index contributed by atoms with van der Waals surface area (Å²) < 4.78 is 6.90. The van der Waals surface area contributed by atoms with Crippen molar-refractivity contribution >= 4 is 28.9 Å². The van der Waals surface area contributed by atoms with E-state index in [0.29, 0.717) is 22.4 Å². The summed E-state index contributed by atoms with van der Waals surface area (Å²) in [7, 11) is 1.59. The smallest absolute Gasteiger partial charge is 0.254 e. The Kier molecular flexibility index (Phi) is 4.41. The van der Waals surface area contributed by atoms with E-state index in [1.165, 1.54) is 0 Å². The molecule has 136 valence electrons. The largest absolute Gasteiger partial charge is 0.495 e. The van der Waals surface area contributed by atoms with Gasteiger partial charge in [-0.25, -0.2) is 4.98 Å². The minimum atomic E-state index is 0.531. The van der Waals surface area contributed by atoms with Crippen molar-refractivity contribution in [2.75, 3.05) is 12.4 Å². The number of halogens is 1. The highest BCUT2D eigenvalue weighted by atomic mass is 35.5. The Morgan fingerprint density at radius 2 is 1.89 bits per heavy atom. The second-order valence-corrected chi connectivity index (χ2v) is 6.68. The Balaban J connectivity index is 1.77. The lowest BCUT2D eigenvalue weighted by molar-refractivity contribution is 0.415. The van der Waals surface area contributed by atoms with Crippen LogP contribution in [0.15, 0.2) is 48.5 Å². The quantitative estimate of drug-likeness (QED) is 0.551. The fraction of sp³-hybridized carbons (Fsp3) is 0.150. The van der Waals surface area contributed by atoms with Crippen LogP contribution >= 0.6 is 11.6 Å². The molecular weight excluding hydrogens is 362 g/mol. The predicted octanol–water partition coefficient (Wildman–Crippen LogP) is 4.81. The number of aromatic nitrogens is 4. The molecule has 0 saturated carbocycles. The maximum absolute atomic E-state index is 6.23. The summed E-state index contributed by atoms with van der Waals surface area (Å²) in [6.45, 7) is 3.97. The summed E-state index contributed by atoms with van der Waals surface area (Å²) in [6.07, 6.45) is 0. The molecule has 1 N–H and O–H groups in total. The van der Waals surface area contributed by atoms with E-state index in [4.69, 9.17) is 16.3 Å². The van der Waals surface area contributed by atoms with E-state index in [1.807, 2.05) is 50.2 Å². The Morgan fingerprint density at radius 3 is 2.63 bits per heavy atom. The van der Waals surface area contributed by atoms with Gasteiger partial charge in [-0.15, -0.1) is 5.10 Å². The summed E-state index contributed by atoms with van der Waals surface area (Å²) in [6, 6.07) is 15.5. The third kappa shape index (κ3) is 3.44. The molecule has 2 heterocycles. The Morgan fingerprint density at radius 1 is 1.04 bits per heavy atom. The van der Waals surface area contributed by atoms with Crippen LogP contribution < -0.4 is 10.1 Å². The van der Waals surface area contributed by atoms with Gasteiger partial charge in [-0.3, -0.25) is 0 Å². The monoisotopic (exact) mass is 379 g/mol. The second kappa shape index (κ2) is 6.89. The molecule has 27 heavy (non-hydrogen) atoms. The van der Waals surface area contributed by atoms with E-state index >= 15 is 0 Å². The molecule has 0 spiro atoms. The van der Waals surface area contributed by atoms with E-state index in [1.54, 1.807) is 17.7 Å². The van der Waals surface area contributed by atoms with Crippen LogP contribution in [0, 0.1) is 13.8 Å². The molecule has 0 unspecified atom stereocenters. The maximum atomic E-state index is 6.23. The van der Waals surface area contributed by atoms with Crippen molar-refractivity contribution in [3.8, 4) is 17.1 Å². The van der Waals surface area contributed by atoms with Gasteiger partial charge in [-0.2, -0.15) is 9.50 Å². The number of benzene rings is 2. The fourth-order valence-corrected chi connectivity index (χ4v) is 3.13. The highest BCUT2D eigenvalue weighted by molar-refractivity contribution is 6.32. The zero-order valence-corrected chi connectivity index (χ0v) is 15.9. The van der Waals surface area contributed by atoms with Crippen LogP contribution in [-0.2, 0) is 0 Å². The number of hydrogen-bond donors (Lipinski definition) is 1. The third-order valence-electron chi connectivity index (χ3n) is 4.14. The molecule has 2 aromatic carbocycles. The SMILES string of the molecule is COc1ccc(Nc2cc(C)nc3nc(-c4cccc(C)c4)nn23)cc1Cl. The van der Waals surface area contributed by atoms with Crippen LogP contribution in [0.2, 0.25) is 5.02 Å². The predicted molar refractivity (Wildman–Crippen MR) is 107 cm³/mol. The van der Waals surface area contributed by atoms with Crippen molar-refractivity contribution in [3.05, 3.63) is 64.8 Å². The minimum absolute atomic E-state index is 0.531. The number of anilines is 2. The molecule has 0 radical (unpaired) electrons. The Bertz CT molecular complexity index is 1140. The standard InChI is InChI=1S/C20H18ClN5O/c1-12-5-4-6-14(9-12)19-24-20-22-13(2)10-18(26(20)25-19)23-15-7-8-17(27-3)16(21)11-15/h4-11,23H,1-3H3. The van der Waals surface area contributed by atoms with Gasteiger partial charge in [0.2, 0.25) is 0 Å². The molecule has 0 saturated heterocycles. The van der Waals surface area contributed by atoms with Gasteiger partial charge in [0.15, 0.2) is 5.82 Å². The number of fused-ring (bicyclic) bond motifs is 1. The number of aryl methyl sites for hydroxylation is 2. The Labute approximate surface area is 161 Å². The fourth-order valence-electron chi connectivity index (χ4n) is 2.87. The first-order chi connectivity index (χ1) is 13.0. The highest BCUT2D eigenvalue weighted by Crippen LogP contribution is 2.29. The number of methoxy groups -OCH3 is 1. The number of ether oxygens (including phenoxy) is 1. The molecule has 0 aliphatic heterocycles. The van der Waals surface area contributed by atoms with Gasteiger partial charge in [0.25, 0.3) is 5.78 Å². The molecule has 0 fully saturated rings. The zero-order valence-electron chi connectivity index (χ0n) is 15.2. The van der Waals surface area contributed by atoms with Gasteiger partial charge in [-0.05, 0) is 38.1 Å². The lowest BCUT2D eigenvalue weighted by atomic mass is 10.1.